The lowest BCUT2D eigenvalue weighted by Crippen LogP contribution is -2.55. The summed E-state index contributed by atoms with van der Waals surface area (Å²) in [5, 5.41) is 9.62. The van der Waals surface area contributed by atoms with Crippen molar-refractivity contribution >= 4 is 121 Å². The smallest absolute Gasteiger partial charge is 0.167 e. The molecule has 9 aromatic carbocycles. The Labute approximate surface area is 352 Å². The fraction of sp³-hybridized carbons (Fsp3) is 0. The zero-order chi connectivity index (χ0) is 40.6. The number of rotatable bonds is 5. The van der Waals surface area contributed by atoms with Crippen molar-refractivity contribution in [2.45, 2.75) is 0 Å². The van der Waals surface area contributed by atoms with Crippen LogP contribution in [-0.4, -0.2) is 54.2 Å². The minimum Gasteiger partial charge on any atom is -0.455 e. The van der Waals surface area contributed by atoms with Gasteiger partial charge in [-0.15, -0.1) is 16.4 Å². The summed E-state index contributed by atoms with van der Waals surface area (Å²) in [5.74, 6) is 1.79. The summed E-state index contributed by atoms with van der Waals surface area (Å²) >= 11 is 0. The zero-order valence-electron chi connectivity index (χ0n) is 34.3. The Morgan fingerprint density at radius 3 is 1.53 bits per heavy atom. The molecule has 0 radical (unpaired) electrons. The number of furan rings is 1. The molecule has 0 aliphatic carbocycles. The highest BCUT2D eigenvalue weighted by molar-refractivity contribution is 6.68. The second-order valence-electron chi connectivity index (χ2n) is 16.1. The van der Waals surface area contributed by atoms with Crippen LogP contribution in [0.4, 0.5) is 0 Å². The fourth-order valence-corrected chi connectivity index (χ4v) is 9.43. The van der Waals surface area contributed by atoms with E-state index in [1.54, 1.807) is 0 Å². The molecular weight excluding hydrogens is 725 g/mol. The van der Waals surface area contributed by atoms with Gasteiger partial charge in [0.25, 0.3) is 0 Å². The number of hydrogen-bond donors (Lipinski definition) is 0. The van der Waals surface area contributed by atoms with E-state index in [9.17, 15) is 0 Å². The Morgan fingerprint density at radius 1 is 0.333 bits per heavy atom. The van der Waals surface area contributed by atoms with Crippen molar-refractivity contribution in [2.75, 3.05) is 0 Å². The van der Waals surface area contributed by atoms with Crippen molar-refractivity contribution in [3.63, 3.8) is 0 Å². The quantitative estimate of drug-likeness (QED) is 0.186. The minimum absolute atomic E-state index is 0.564. The van der Waals surface area contributed by atoms with Gasteiger partial charge >= 0.3 is 0 Å². The summed E-state index contributed by atoms with van der Waals surface area (Å²) in [6.45, 7) is 0. The molecule has 60 heavy (non-hydrogen) atoms. The van der Waals surface area contributed by atoms with Gasteiger partial charge in [-0.05, 0) is 78.8 Å². The van der Waals surface area contributed by atoms with Gasteiger partial charge in [0.05, 0.1) is 5.56 Å². The Morgan fingerprint density at radius 2 is 0.833 bits per heavy atom. The molecule has 0 aliphatic heterocycles. The van der Waals surface area contributed by atoms with Gasteiger partial charge in [0, 0.05) is 21.9 Å². The highest BCUT2D eigenvalue weighted by atomic mass is 16.3. The summed E-state index contributed by atoms with van der Waals surface area (Å²) < 4.78 is 6.84. The summed E-state index contributed by atoms with van der Waals surface area (Å²) in [4.78, 5) is 15.5. The normalized spacial score (nSPS) is 11.7. The number of aromatic nitrogens is 3. The number of para-hydroxylation sites is 1. The first-order chi connectivity index (χ1) is 29.3. The van der Waals surface area contributed by atoms with Crippen LogP contribution in [0.5, 0.6) is 0 Å². The number of nitrogens with zero attached hydrogens (tertiary/aromatic N) is 3. The van der Waals surface area contributed by atoms with Gasteiger partial charge in [0.2, 0.25) is 0 Å². The van der Waals surface area contributed by atoms with Gasteiger partial charge in [-0.25, -0.2) is 15.0 Å². The van der Waals surface area contributed by atoms with Crippen LogP contribution in [0.3, 0.4) is 0 Å². The first-order valence-electron chi connectivity index (χ1n) is 20.6. The van der Waals surface area contributed by atoms with Crippen molar-refractivity contribution in [1.82, 2.24) is 15.0 Å². The molecule has 0 amide bonds. The van der Waals surface area contributed by atoms with Crippen molar-refractivity contribution in [3.05, 3.63) is 158 Å². The van der Waals surface area contributed by atoms with Crippen molar-refractivity contribution in [1.29, 1.82) is 0 Å². The van der Waals surface area contributed by atoms with Crippen LogP contribution in [0.1, 0.15) is 0 Å². The molecule has 276 valence electrons. The molecule has 11 rings (SSSR count). The maximum atomic E-state index is 6.84. The van der Waals surface area contributed by atoms with E-state index in [0.717, 1.165) is 55.3 Å². The molecule has 0 saturated carbocycles. The molecule has 4 nitrogen and oxygen atoms in total. The summed E-state index contributed by atoms with van der Waals surface area (Å²) in [6, 6.07) is 55.8. The van der Waals surface area contributed by atoms with Gasteiger partial charge in [0.15, 0.2) is 17.5 Å². The van der Waals surface area contributed by atoms with Crippen LogP contribution in [0.25, 0.3) is 111 Å². The third kappa shape index (κ3) is 5.64. The molecule has 0 N–H and O–H groups in total. The average Bonchev–Trinajstić information content (AvgIpc) is 3.70. The average molecular weight is 761 g/mol. The minimum atomic E-state index is 0.564. The molecule has 9 heteroatoms. The lowest BCUT2D eigenvalue weighted by Gasteiger charge is -2.20. The lowest BCUT2D eigenvalue weighted by atomic mass is 9.59. The van der Waals surface area contributed by atoms with Gasteiger partial charge in [-0.3, -0.25) is 0 Å². The summed E-state index contributed by atoms with van der Waals surface area (Å²) in [7, 11) is 11.1. The highest BCUT2D eigenvalue weighted by Gasteiger charge is 2.21. The van der Waals surface area contributed by atoms with Crippen LogP contribution in [0, 0.1) is 0 Å². The molecule has 0 bridgehead atoms. The van der Waals surface area contributed by atoms with E-state index in [1.807, 2.05) is 30.3 Å². The molecule has 2 aromatic heterocycles. The van der Waals surface area contributed by atoms with Gasteiger partial charge in [-0.1, -0.05) is 144 Å². The summed E-state index contributed by atoms with van der Waals surface area (Å²) in [6.07, 6.45) is 0. The predicted molar refractivity (Wildman–Crippen MR) is 268 cm³/mol. The van der Waals surface area contributed by atoms with E-state index in [2.05, 4.69) is 167 Å². The molecule has 0 atom stereocenters. The topological polar surface area (TPSA) is 51.8 Å². The van der Waals surface area contributed by atoms with Crippen LogP contribution < -0.4 is 27.3 Å². The molecule has 2 heterocycles. The first kappa shape index (κ1) is 36.0. The highest BCUT2D eigenvalue weighted by Crippen LogP contribution is 2.43. The molecule has 0 unspecified atom stereocenters. The number of hydrogen-bond acceptors (Lipinski definition) is 4. The second kappa shape index (κ2) is 14.0. The van der Waals surface area contributed by atoms with Gasteiger partial charge in [0.1, 0.15) is 50.4 Å². The Hall–Kier alpha value is -7.11. The van der Waals surface area contributed by atoms with Crippen LogP contribution in [-0.2, 0) is 0 Å². The maximum Gasteiger partial charge on any atom is 0.167 e. The zero-order valence-corrected chi connectivity index (χ0v) is 34.3. The van der Waals surface area contributed by atoms with E-state index >= 15 is 0 Å². The lowest BCUT2D eigenvalue weighted by molar-refractivity contribution is 0.669. The maximum absolute atomic E-state index is 6.84. The third-order valence-corrected chi connectivity index (χ3v) is 12.9. The first-order valence-corrected chi connectivity index (χ1v) is 20.6. The van der Waals surface area contributed by atoms with E-state index in [0.29, 0.717) is 17.5 Å². The van der Waals surface area contributed by atoms with E-state index in [1.165, 1.54) is 65.2 Å². The molecule has 0 aliphatic rings. The van der Waals surface area contributed by atoms with E-state index < -0.39 is 0 Å². The van der Waals surface area contributed by atoms with Crippen LogP contribution in [0.15, 0.2) is 162 Å². The van der Waals surface area contributed by atoms with Gasteiger partial charge < -0.3 is 4.42 Å². The Balaban J connectivity index is 1.10. The number of fused-ring (bicyclic) bond motifs is 9. The third-order valence-electron chi connectivity index (χ3n) is 12.9. The van der Waals surface area contributed by atoms with Crippen LogP contribution >= 0.6 is 0 Å². The van der Waals surface area contributed by atoms with Crippen LogP contribution in [0.2, 0.25) is 0 Å². The monoisotopic (exact) mass is 761 g/mol. The van der Waals surface area contributed by atoms with Crippen molar-refractivity contribution in [2.24, 2.45) is 0 Å². The Bertz CT molecular complexity index is 3500. The SMILES string of the molecule is Bc1c(B)c(B)c(-c2cccc(-c3nc(-c4ccccc4)nc(-c4cccc5c4oc4cccc(-c6ccc7c8ccccc8c8ccccc8c7c6)c45)n3)c2)c(B)c1B. The van der Waals surface area contributed by atoms with Crippen molar-refractivity contribution < 1.29 is 4.42 Å². The Kier molecular flexibility index (Phi) is 8.42. The van der Waals surface area contributed by atoms with Crippen molar-refractivity contribution in [3.8, 4) is 56.4 Å². The molecular formula is C51H36B5N3O. The molecule has 0 fully saturated rings. The molecule has 11 aromatic rings. The van der Waals surface area contributed by atoms with E-state index in [-0.39, 0.29) is 0 Å². The standard InChI is InChI=1S/C51H36B5N3O/c52-43-41(44(53)46(55)47(56)45(43)54)29-13-8-14-30(25-29)50-57-49(27-11-2-1-3-12-27)58-51(59-50)38-21-9-20-37-42-31(19-10-22-40(42)60-48(37)38)28-23-24-36-34-17-5-4-15-32(34)33-16-6-7-18-35(33)39(36)26-28/h1-26H,52-56H2. The molecule has 0 saturated heterocycles. The van der Waals surface area contributed by atoms with Gasteiger partial charge in [-0.2, -0.15) is 0 Å². The predicted octanol–water partition coefficient (Wildman–Crippen LogP) is 4.86. The fourth-order valence-electron chi connectivity index (χ4n) is 9.43. The second-order valence-corrected chi connectivity index (χ2v) is 16.1. The largest absolute Gasteiger partial charge is 0.455 e. The van der Waals surface area contributed by atoms with E-state index in [4.69, 9.17) is 19.4 Å². The summed E-state index contributed by atoms with van der Waals surface area (Å²) in [5.41, 5.74) is 15.5. The molecule has 0 spiro atoms. The number of benzene rings is 9.